The summed E-state index contributed by atoms with van der Waals surface area (Å²) in [6.07, 6.45) is 0.960. The number of carbonyl (C=O) groups excluding carboxylic acids is 2. The molecule has 5 rings (SSSR count). The zero-order valence-electron chi connectivity index (χ0n) is 21.9. The lowest BCUT2D eigenvalue weighted by Gasteiger charge is -2.06. The van der Waals surface area contributed by atoms with Crippen molar-refractivity contribution in [2.75, 3.05) is 27.9 Å². The molecule has 5 aromatic rings. The van der Waals surface area contributed by atoms with Gasteiger partial charge in [0.1, 0.15) is 0 Å². The third-order valence-corrected chi connectivity index (χ3v) is 9.14. The van der Waals surface area contributed by atoms with E-state index in [-0.39, 0.29) is 23.3 Å². The summed E-state index contributed by atoms with van der Waals surface area (Å²) in [6.45, 7) is 2.10. The number of thioether (sulfide) groups is 2. The SMILES string of the molecule is CCc1ccc(NC(=O)CSc2nc3ccc(NC(=O)CSc4nnc(-c5ccc(N)cc5)n4C)cc3s2)cc1. The van der Waals surface area contributed by atoms with Gasteiger partial charge in [-0.15, -0.1) is 21.5 Å². The molecule has 2 amide bonds. The van der Waals surface area contributed by atoms with E-state index in [1.165, 1.54) is 40.4 Å². The fourth-order valence-corrected chi connectivity index (χ4v) is 6.46. The molecule has 0 unspecified atom stereocenters. The van der Waals surface area contributed by atoms with E-state index in [1.807, 2.05) is 78.3 Å². The van der Waals surface area contributed by atoms with Crippen LogP contribution in [0.3, 0.4) is 0 Å². The van der Waals surface area contributed by atoms with Crippen molar-refractivity contribution in [3.63, 3.8) is 0 Å². The predicted molar refractivity (Wildman–Crippen MR) is 165 cm³/mol. The molecule has 0 aliphatic carbocycles. The summed E-state index contributed by atoms with van der Waals surface area (Å²) >= 11 is 4.20. The molecule has 2 heterocycles. The Balaban J connectivity index is 1.13. The van der Waals surface area contributed by atoms with Crippen molar-refractivity contribution in [3.8, 4) is 11.4 Å². The summed E-state index contributed by atoms with van der Waals surface area (Å²) in [5, 5.41) is 15.0. The number of nitrogens with two attached hydrogens (primary N) is 1. The maximum absolute atomic E-state index is 12.7. The van der Waals surface area contributed by atoms with Gasteiger partial charge in [0.2, 0.25) is 11.8 Å². The number of hydrogen-bond acceptors (Lipinski definition) is 9. The van der Waals surface area contributed by atoms with E-state index in [0.717, 1.165) is 32.2 Å². The van der Waals surface area contributed by atoms with Crippen molar-refractivity contribution in [3.05, 3.63) is 72.3 Å². The zero-order chi connectivity index (χ0) is 28.1. The van der Waals surface area contributed by atoms with Crippen molar-refractivity contribution in [2.24, 2.45) is 7.05 Å². The van der Waals surface area contributed by atoms with Crippen LogP contribution in [-0.2, 0) is 23.1 Å². The van der Waals surface area contributed by atoms with Crippen LogP contribution < -0.4 is 16.4 Å². The molecule has 0 atom stereocenters. The first kappa shape index (κ1) is 27.7. The van der Waals surface area contributed by atoms with Gasteiger partial charge in [-0.1, -0.05) is 42.6 Å². The highest BCUT2D eigenvalue weighted by atomic mass is 32.2. The van der Waals surface area contributed by atoms with E-state index >= 15 is 0 Å². The minimum Gasteiger partial charge on any atom is -0.399 e. The van der Waals surface area contributed by atoms with Crippen molar-refractivity contribution >= 4 is 74.0 Å². The van der Waals surface area contributed by atoms with Crippen molar-refractivity contribution in [1.29, 1.82) is 0 Å². The van der Waals surface area contributed by atoms with E-state index in [0.29, 0.717) is 22.4 Å². The van der Waals surface area contributed by atoms with Crippen LogP contribution >= 0.6 is 34.9 Å². The van der Waals surface area contributed by atoms with Crippen LogP contribution in [0.25, 0.3) is 21.6 Å². The third kappa shape index (κ3) is 6.82. The Kier molecular flexibility index (Phi) is 8.68. The number of amides is 2. The van der Waals surface area contributed by atoms with Crippen LogP contribution in [0, 0.1) is 0 Å². The Morgan fingerprint density at radius 3 is 2.30 bits per heavy atom. The number of thiazole rings is 1. The molecule has 0 fully saturated rings. The first-order chi connectivity index (χ1) is 19.4. The van der Waals surface area contributed by atoms with Gasteiger partial charge in [0.05, 0.1) is 21.7 Å². The molecular formula is C28H27N7O2S3. The maximum Gasteiger partial charge on any atom is 0.234 e. The summed E-state index contributed by atoms with van der Waals surface area (Å²) in [7, 11) is 1.87. The number of nitrogen functional groups attached to an aromatic ring is 1. The van der Waals surface area contributed by atoms with Gasteiger partial charge in [-0.3, -0.25) is 9.59 Å². The number of benzene rings is 3. The number of rotatable bonds is 10. The standard InChI is InChI=1S/C28H27N7O2S3/c1-3-17-4-10-20(11-5-17)30-25(37)16-39-28-32-22-13-12-21(14-23(22)40-28)31-24(36)15-38-27-34-33-26(35(27)2)18-6-8-19(29)9-7-18/h4-14H,3,15-16,29H2,1-2H3,(H,30,37)(H,31,36). The van der Waals surface area contributed by atoms with E-state index in [4.69, 9.17) is 5.73 Å². The highest BCUT2D eigenvalue weighted by Crippen LogP contribution is 2.31. The Morgan fingerprint density at radius 1 is 0.900 bits per heavy atom. The number of nitrogens with one attached hydrogen (secondary N) is 2. The fraction of sp³-hybridized carbons (Fsp3) is 0.179. The van der Waals surface area contributed by atoms with Crippen molar-refractivity contribution in [1.82, 2.24) is 19.7 Å². The van der Waals surface area contributed by atoms with Crippen LogP contribution in [0.5, 0.6) is 0 Å². The number of hydrogen-bond donors (Lipinski definition) is 3. The van der Waals surface area contributed by atoms with Gasteiger partial charge in [-0.05, 0) is 66.6 Å². The largest absolute Gasteiger partial charge is 0.399 e. The molecule has 2 aromatic heterocycles. The number of fused-ring (bicyclic) bond motifs is 1. The summed E-state index contributed by atoms with van der Waals surface area (Å²) < 4.78 is 3.59. The molecule has 0 radical (unpaired) electrons. The number of carbonyl (C=O) groups is 2. The van der Waals surface area contributed by atoms with Crippen LogP contribution in [-0.4, -0.2) is 43.1 Å². The maximum atomic E-state index is 12.7. The van der Waals surface area contributed by atoms with Crippen LogP contribution in [0.1, 0.15) is 12.5 Å². The van der Waals surface area contributed by atoms with Gasteiger partial charge in [0.25, 0.3) is 0 Å². The van der Waals surface area contributed by atoms with Gasteiger partial charge in [-0.25, -0.2) is 4.98 Å². The molecule has 0 spiro atoms. The van der Waals surface area contributed by atoms with E-state index in [1.54, 1.807) is 0 Å². The smallest absolute Gasteiger partial charge is 0.234 e. The molecule has 40 heavy (non-hydrogen) atoms. The minimum atomic E-state index is -0.149. The topological polar surface area (TPSA) is 128 Å². The first-order valence-electron chi connectivity index (χ1n) is 12.5. The summed E-state index contributed by atoms with van der Waals surface area (Å²) in [5.74, 6) is 0.923. The highest BCUT2D eigenvalue weighted by molar-refractivity contribution is 8.01. The Labute approximate surface area is 244 Å². The molecular weight excluding hydrogens is 563 g/mol. The monoisotopic (exact) mass is 589 g/mol. The second kappa shape index (κ2) is 12.5. The molecule has 9 nitrogen and oxygen atoms in total. The second-order valence-corrected chi connectivity index (χ2v) is 12.1. The molecule has 0 aliphatic heterocycles. The lowest BCUT2D eigenvalue weighted by Crippen LogP contribution is -2.14. The Bertz CT molecular complexity index is 1650. The van der Waals surface area contributed by atoms with Crippen molar-refractivity contribution in [2.45, 2.75) is 22.8 Å². The quantitative estimate of drug-likeness (QED) is 0.140. The van der Waals surface area contributed by atoms with Crippen molar-refractivity contribution < 1.29 is 9.59 Å². The second-order valence-electron chi connectivity index (χ2n) is 8.87. The average molecular weight is 590 g/mol. The zero-order valence-corrected chi connectivity index (χ0v) is 24.3. The number of aryl methyl sites for hydroxylation is 1. The normalized spacial score (nSPS) is 11.1. The van der Waals surface area contributed by atoms with Gasteiger partial charge in [0, 0.05) is 29.7 Å². The molecule has 4 N–H and O–H groups in total. The molecule has 0 bridgehead atoms. The number of aromatic nitrogens is 4. The van der Waals surface area contributed by atoms with Crippen LogP contribution in [0.15, 0.2) is 76.2 Å². The molecule has 3 aromatic carbocycles. The molecule has 204 valence electrons. The molecule has 0 saturated heterocycles. The van der Waals surface area contributed by atoms with Gasteiger partial charge in [0.15, 0.2) is 15.3 Å². The Morgan fingerprint density at radius 2 is 1.57 bits per heavy atom. The molecule has 0 aliphatic rings. The average Bonchev–Trinajstić information content (AvgIpc) is 3.54. The predicted octanol–water partition coefficient (Wildman–Crippen LogP) is 5.70. The van der Waals surface area contributed by atoms with Gasteiger partial charge in [-0.2, -0.15) is 0 Å². The first-order valence-corrected chi connectivity index (χ1v) is 15.3. The summed E-state index contributed by atoms with van der Waals surface area (Å²) in [6, 6.07) is 20.9. The van der Waals surface area contributed by atoms with Crippen LogP contribution in [0.4, 0.5) is 17.1 Å². The van der Waals surface area contributed by atoms with Gasteiger partial charge >= 0.3 is 0 Å². The lowest BCUT2D eigenvalue weighted by molar-refractivity contribution is -0.114. The van der Waals surface area contributed by atoms with Gasteiger partial charge < -0.3 is 20.9 Å². The van der Waals surface area contributed by atoms with E-state index in [9.17, 15) is 9.59 Å². The molecule has 12 heteroatoms. The summed E-state index contributed by atoms with van der Waals surface area (Å²) in [5.41, 5.74) is 10.9. The minimum absolute atomic E-state index is 0.0811. The lowest BCUT2D eigenvalue weighted by atomic mass is 10.1. The Hall–Kier alpha value is -3.87. The fourth-order valence-electron chi connectivity index (χ4n) is 3.84. The number of nitrogens with zero attached hydrogens (tertiary/aromatic N) is 4. The van der Waals surface area contributed by atoms with Crippen LogP contribution in [0.2, 0.25) is 0 Å². The van der Waals surface area contributed by atoms with E-state index in [2.05, 4.69) is 32.7 Å². The number of anilines is 3. The highest BCUT2D eigenvalue weighted by Gasteiger charge is 2.14. The summed E-state index contributed by atoms with van der Waals surface area (Å²) in [4.78, 5) is 29.6. The van der Waals surface area contributed by atoms with E-state index < -0.39 is 0 Å². The molecule has 0 saturated carbocycles. The third-order valence-electron chi connectivity index (χ3n) is 5.96.